The van der Waals surface area contributed by atoms with Gasteiger partial charge in [0.1, 0.15) is 0 Å². The topological polar surface area (TPSA) is 36.1 Å². The number of hydrogen-bond acceptors (Lipinski definition) is 2. The first-order valence-electron chi connectivity index (χ1n) is 7.16. The summed E-state index contributed by atoms with van der Waals surface area (Å²) in [6, 6.07) is 3.75. The summed E-state index contributed by atoms with van der Waals surface area (Å²) in [4.78, 5) is 17.3. The van der Waals surface area contributed by atoms with Gasteiger partial charge in [0.25, 0.3) is 0 Å². The molecule has 3 rings (SSSR count). The molecule has 0 unspecified atom stereocenters. The lowest BCUT2D eigenvalue weighted by molar-refractivity contribution is 0.0793. The molecule has 0 aromatic carbocycles. The summed E-state index contributed by atoms with van der Waals surface area (Å²) in [6.07, 6.45) is 10.1. The van der Waals surface area contributed by atoms with Crippen molar-refractivity contribution in [1.29, 1.82) is 0 Å². The van der Waals surface area contributed by atoms with E-state index in [0.29, 0.717) is 12.0 Å². The number of hydrogen-bond donors (Lipinski definition) is 1. The van der Waals surface area contributed by atoms with Crippen molar-refractivity contribution in [3.63, 3.8) is 0 Å². The second-order valence-corrected chi connectivity index (χ2v) is 5.99. The van der Waals surface area contributed by atoms with Gasteiger partial charge in [-0.15, -0.1) is 0 Å². The number of H-pyrrole nitrogens is 1. The molecule has 3 nitrogen and oxygen atoms in total. The molecule has 1 spiro atoms. The Morgan fingerprint density at radius 2 is 1.94 bits per heavy atom. The number of nitrogens with one attached hydrogen (secondary N) is 1. The monoisotopic (exact) mass is 246 g/mol. The second kappa shape index (κ2) is 4.88. The van der Waals surface area contributed by atoms with E-state index < -0.39 is 0 Å². The zero-order valence-electron chi connectivity index (χ0n) is 11.0. The van der Waals surface area contributed by atoms with Gasteiger partial charge in [0.15, 0.2) is 5.78 Å². The molecule has 1 N–H and O–H groups in total. The molecule has 2 fully saturated rings. The van der Waals surface area contributed by atoms with Crippen molar-refractivity contribution in [3.05, 3.63) is 24.0 Å². The van der Waals surface area contributed by atoms with Gasteiger partial charge in [-0.1, -0.05) is 12.8 Å². The van der Waals surface area contributed by atoms with Gasteiger partial charge in [-0.05, 0) is 56.3 Å². The fourth-order valence-corrected chi connectivity index (χ4v) is 3.60. The Hall–Kier alpha value is -1.09. The molecule has 0 amide bonds. The van der Waals surface area contributed by atoms with E-state index in [1.807, 2.05) is 18.3 Å². The van der Waals surface area contributed by atoms with Gasteiger partial charge in [-0.2, -0.15) is 0 Å². The van der Waals surface area contributed by atoms with Gasteiger partial charge < -0.3 is 4.98 Å². The first-order valence-corrected chi connectivity index (χ1v) is 7.16. The first kappa shape index (κ1) is 12.0. The highest BCUT2D eigenvalue weighted by atomic mass is 16.1. The largest absolute Gasteiger partial charge is 0.359 e. The van der Waals surface area contributed by atoms with E-state index in [-0.39, 0.29) is 5.78 Å². The summed E-state index contributed by atoms with van der Waals surface area (Å²) in [7, 11) is 0. The van der Waals surface area contributed by atoms with E-state index in [9.17, 15) is 4.79 Å². The molecule has 1 aliphatic heterocycles. The summed E-state index contributed by atoms with van der Waals surface area (Å²) >= 11 is 0. The highest BCUT2D eigenvalue weighted by Gasteiger charge is 2.37. The molecule has 1 saturated heterocycles. The molecule has 0 radical (unpaired) electrons. The molecule has 3 heteroatoms. The Morgan fingerprint density at radius 1 is 1.22 bits per heavy atom. The number of aromatic nitrogens is 1. The van der Waals surface area contributed by atoms with E-state index in [0.717, 1.165) is 18.8 Å². The van der Waals surface area contributed by atoms with Gasteiger partial charge in [0, 0.05) is 6.20 Å². The molecule has 1 aromatic rings. The lowest BCUT2D eigenvalue weighted by Gasteiger charge is -2.39. The highest BCUT2D eigenvalue weighted by molar-refractivity contribution is 5.95. The van der Waals surface area contributed by atoms with Crippen LogP contribution in [0, 0.1) is 5.41 Å². The third-order valence-corrected chi connectivity index (χ3v) is 4.85. The van der Waals surface area contributed by atoms with Crippen LogP contribution < -0.4 is 0 Å². The van der Waals surface area contributed by atoms with E-state index in [1.165, 1.54) is 38.5 Å². The molecule has 0 atom stereocenters. The number of aromatic amines is 1. The molecule has 1 aromatic heterocycles. The third kappa shape index (κ3) is 2.37. The number of carbonyl (C=O) groups is 1. The minimum Gasteiger partial charge on any atom is -0.359 e. The van der Waals surface area contributed by atoms with E-state index in [4.69, 9.17) is 0 Å². The van der Waals surface area contributed by atoms with Crippen molar-refractivity contribution in [2.45, 2.75) is 38.5 Å². The van der Waals surface area contributed by atoms with Crippen LogP contribution in [-0.4, -0.2) is 35.3 Å². The maximum absolute atomic E-state index is 12.0. The number of nitrogens with zero attached hydrogens (tertiary/aromatic N) is 1. The third-order valence-electron chi connectivity index (χ3n) is 4.85. The molecule has 2 aliphatic rings. The molecule has 0 bridgehead atoms. The van der Waals surface area contributed by atoms with Crippen molar-refractivity contribution < 1.29 is 4.79 Å². The number of Topliss-reactive ketones (excluding diaryl/α,β-unsaturated/α-hetero) is 1. The lowest BCUT2D eigenvalue weighted by atomic mass is 9.77. The van der Waals surface area contributed by atoms with Crippen LogP contribution in [-0.2, 0) is 0 Å². The summed E-state index contributed by atoms with van der Waals surface area (Å²) in [6.45, 7) is 2.79. The minimum atomic E-state index is 0.224. The van der Waals surface area contributed by atoms with E-state index >= 15 is 0 Å². The Labute approximate surface area is 109 Å². The predicted molar refractivity (Wildman–Crippen MR) is 71.7 cm³/mol. The SMILES string of the molecule is O=C(CN1CCC2(CCCC2)CC1)c1ccc[nH]1. The molecule has 2 heterocycles. The van der Waals surface area contributed by atoms with Crippen LogP contribution in [0.4, 0.5) is 0 Å². The van der Waals surface area contributed by atoms with Crippen LogP contribution in [0.25, 0.3) is 0 Å². The summed E-state index contributed by atoms with van der Waals surface area (Å²) in [5, 5.41) is 0. The number of carbonyl (C=O) groups excluding carboxylic acids is 1. The van der Waals surface area contributed by atoms with Crippen molar-refractivity contribution >= 4 is 5.78 Å². The quantitative estimate of drug-likeness (QED) is 0.832. The van der Waals surface area contributed by atoms with Crippen LogP contribution in [0.5, 0.6) is 0 Å². The normalized spacial score (nSPS) is 23.6. The van der Waals surface area contributed by atoms with Crippen molar-refractivity contribution in [3.8, 4) is 0 Å². The average Bonchev–Trinajstić information content (AvgIpc) is 3.04. The fourth-order valence-electron chi connectivity index (χ4n) is 3.60. The standard InChI is InChI=1S/C15H22N2O/c18-14(13-4-3-9-16-13)12-17-10-7-15(8-11-17)5-1-2-6-15/h3-4,9,16H,1-2,5-8,10-12H2. The molecule has 1 saturated carbocycles. The zero-order valence-corrected chi connectivity index (χ0v) is 11.0. The summed E-state index contributed by atoms with van der Waals surface area (Å²) in [5.41, 5.74) is 1.39. The Kier molecular flexibility index (Phi) is 3.25. The molecule has 18 heavy (non-hydrogen) atoms. The maximum Gasteiger partial charge on any atom is 0.192 e. The smallest absolute Gasteiger partial charge is 0.192 e. The fraction of sp³-hybridized carbons (Fsp3) is 0.667. The van der Waals surface area contributed by atoms with Crippen LogP contribution in [0.3, 0.4) is 0 Å². The van der Waals surface area contributed by atoms with Gasteiger partial charge >= 0.3 is 0 Å². The summed E-state index contributed by atoms with van der Waals surface area (Å²) in [5.74, 6) is 0.224. The second-order valence-electron chi connectivity index (χ2n) is 5.99. The Bertz CT molecular complexity index is 394. The van der Waals surface area contributed by atoms with Crippen molar-refractivity contribution in [2.24, 2.45) is 5.41 Å². The van der Waals surface area contributed by atoms with Gasteiger partial charge in [0.05, 0.1) is 12.2 Å². The zero-order chi connectivity index (χ0) is 12.4. The molecule has 98 valence electrons. The van der Waals surface area contributed by atoms with E-state index in [1.54, 1.807) is 0 Å². The first-order chi connectivity index (χ1) is 8.77. The van der Waals surface area contributed by atoms with Crippen molar-refractivity contribution in [2.75, 3.05) is 19.6 Å². The van der Waals surface area contributed by atoms with Crippen LogP contribution in [0.2, 0.25) is 0 Å². The predicted octanol–water partition coefficient (Wildman–Crippen LogP) is 2.85. The minimum absolute atomic E-state index is 0.224. The van der Waals surface area contributed by atoms with Gasteiger partial charge in [0.2, 0.25) is 0 Å². The number of piperidine rings is 1. The Balaban J connectivity index is 1.52. The van der Waals surface area contributed by atoms with Crippen molar-refractivity contribution in [1.82, 2.24) is 9.88 Å². The molecular formula is C15H22N2O. The van der Waals surface area contributed by atoms with Crippen LogP contribution in [0.15, 0.2) is 18.3 Å². The number of rotatable bonds is 3. The average molecular weight is 246 g/mol. The van der Waals surface area contributed by atoms with E-state index in [2.05, 4.69) is 9.88 Å². The molecule has 1 aliphatic carbocycles. The van der Waals surface area contributed by atoms with Crippen LogP contribution >= 0.6 is 0 Å². The lowest BCUT2D eigenvalue weighted by Crippen LogP contribution is -2.41. The number of likely N-dealkylation sites (tertiary alicyclic amines) is 1. The highest BCUT2D eigenvalue weighted by Crippen LogP contribution is 2.45. The summed E-state index contributed by atoms with van der Waals surface area (Å²) < 4.78 is 0. The number of ketones is 1. The van der Waals surface area contributed by atoms with Gasteiger partial charge in [-0.25, -0.2) is 0 Å². The van der Waals surface area contributed by atoms with Gasteiger partial charge in [-0.3, -0.25) is 9.69 Å². The maximum atomic E-state index is 12.0. The molecular weight excluding hydrogens is 224 g/mol. The Morgan fingerprint density at radius 3 is 2.56 bits per heavy atom. The van der Waals surface area contributed by atoms with Crippen LogP contribution in [0.1, 0.15) is 49.0 Å².